The number of para-hydroxylation sites is 2. The molecule has 2 fully saturated rings. The molecule has 0 bridgehead atoms. The van der Waals surface area contributed by atoms with E-state index < -0.39 is 0 Å². The zero-order valence-corrected chi connectivity index (χ0v) is 17.9. The summed E-state index contributed by atoms with van der Waals surface area (Å²) >= 11 is 0. The van der Waals surface area contributed by atoms with Crippen molar-refractivity contribution in [3.05, 3.63) is 24.3 Å². The number of hydrogen-bond donors (Lipinski definition) is 2. The molecule has 2 aliphatic rings. The molecule has 0 saturated carbocycles. The molecule has 1 aromatic carbocycles. The van der Waals surface area contributed by atoms with Crippen LogP contribution in [0.25, 0.3) is 0 Å². The first-order valence-electron chi connectivity index (χ1n) is 10.7. The van der Waals surface area contributed by atoms with Gasteiger partial charge >= 0.3 is 0 Å². The highest BCUT2D eigenvalue weighted by atomic mass is 16.5. The van der Waals surface area contributed by atoms with E-state index in [0.29, 0.717) is 18.0 Å². The minimum atomic E-state index is 0.523. The van der Waals surface area contributed by atoms with Crippen molar-refractivity contribution in [1.82, 2.24) is 15.5 Å². The third-order valence-electron chi connectivity index (χ3n) is 6.09. The fraction of sp³-hybridized carbons (Fsp3) is 0.682. The third-order valence-corrected chi connectivity index (χ3v) is 6.09. The quantitative estimate of drug-likeness (QED) is 0.580. The lowest BCUT2D eigenvalue weighted by atomic mass is 10.0. The van der Waals surface area contributed by atoms with Gasteiger partial charge in [-0.15, -0.1) is 0 Å². The van der Waals surface area contributed by atoms with Crippen LogP contribution >= 0.6 is 0 Å². The molecule has 0 spiro atoms. The zero-order valence-electron chi connectivity index (χ0n) is 17.9. The van der Waals surface area contributed by atoms with Crippen molar-refractivity contribution in [1.29, 1.82) is 0 Å². The van der Waals surface area contributed by atoms with Crippen LogP contribution in [0.15, 0.2) is 29.3 Å². The van der Waals surface area contributed by atoms with Crippen molar-refractivity contribution in [2.45, 2.75) is 45.2 Å². The molecule has 1 unspecified atom stereocenters. The van der Waals surface area contributed by atoms with E-state index in [4.69, 9.17) is 4.74 Å². The summed E-state index contributed by atoms with van der Waals surface area (Å²) in [4.78, 5) is 9.44. The summed E-state index contributed by atoms with van der Waals surface area (Å²) in [7, 11) is 3.61. The van der Waals surface area contributed by atoms with E-state index in [1.165, 1.54) is 38.0 Å². The summed E-state index contributed by atoms with van der Waals surface area (Å²) < 4.78 is 5.53. The second kappa shape index (κ2) is 10.0. The molecule has 2 heterocycles. The molecule has 3 rings (SSSR count). The van der Waals surface area contributed by atoms with Gasteiger partial charge in [0.15, 0.2) is 5.96 Å². The second-order valence-corrected chi connectivity index (χ2v) is 8.27. The number of anilines is 1. The van der Waals surface area contributed by atoms with E-state index in [-0.39, 0.29) is 0 Å². The van der Waals surface area contributed by atoms with Crippen LogP contribution in [-0.2, 0) is 0 Å². The van der Waals surface area contributed by atoms with E-state index in [0.717, 1.165) is 31.3 Å². The monoisotopic (exact) mass is 387 g/mol. The van der Waals surface area contributed by atoms with Crippen LogP contribution in [0.4, 0.5) is 5.69 Å². The lowest BCUT2D eigenvalue weighted by molar-refractivity contribution is 0.167. The van der Waals surface area contributed by atoms with Gasteiger partial charge in [-0.05, 0) is 51.2 Å². The lowest BCUT2D eigenvalue weighted by Gasteiger charge is -2.35. The fourth-order valence-electron chi connectivity index (χ4n) is 4.30. The van der Waals surface area contributed by atoms with E-state index in [1.807, 2.05) is 19.2 Å². The summed E-state index contributed by atoms with van der Waals surface area (Å²) in [5.41, 5.74) is 1.20. The summed E-state index contributed by atoms with van der Waals surface area (Å²) in [6, 6.07) is 9.47. The molecule has 0 radical (unpaired) electrons. The van der Waals surface area contributed by atoms with Gasteiger partial charge < -0.3 is 25.2 Å². The number of ether oxygens (including phenoxy) is 1. The number of methoxy groups -OCH3 is 1. The van der Waals surface area contributed by atoms with E-state index >= 15 is 0 Å². The fourth-order valence-corrected chi connectivity index (χ4v) is 4.30. The summed E-state index contributed by atoms with van der Waals surface area (Å²) in [6.45, 7) is 9.99. The van der Waals surface area contributed by atoms with E-state index in [1.54, 1.807) is 7.11 Å². The first-order valence-corrected chi connectivity index (χ1v) is 10.7. The predicted molar refractivity (Wildman–Crippen MR) is 118 cm³/mol. The third kappa shape index (κ3) is 5.31. The maximum atomic E-state index is 5.53. The van der Waals surface area contributed by atoms with Gasteiger partial charge in [-0.3, -0.25) is 4.99 Å². The molecule has 2 saturated heterocycles. The average Bonchev–Trinajstić information content (AvgIpc) is 3.20. The smallest absolute Gasteiger partial charge is 0.191 e. The van der Waals surface area contributed by atoms with Crippen LogP contribution in [0.3, 0.4) is 0 Å². The lowest BCUT2D eigenvalue weighted by Crippen LogP contribution is -2.50. The standard InChI is InChI=1S/C22H37N5O/c1-17(2)26-13-10-19(11-14-26)25-22(23-3)24-15-18-9-12-27(16-18)20-7-5-6-8-21(20)28-4/h5-8,17-19H,9-16H2,1-4H3,(H2,23,24,25). The Balaban J connectivity index is 1.44. The molecule has 28 heavy (non-hydrogen) atoms. The minimum Gasteiger partial charge on any atom is -0.495 e. The maximum absolute atomic E-state index is 5.53. The van der Waals surface area contributed by atoms with E-state index in [9.17, 15) is 0 Å². The number of nitrogens with one attached hydrogen (secondary N) is 2. The highest BCUT2D eigenvalue weighted by Gasteiger charge is 2.25. The topological polar surface area (TPSA) is 52.1 Å². The van der Waals surface area contributed by atoms with Crippen molar-refractivity contribution < 1.29 is 4.74 Å². The van der Waals surface area contributed by atoms with Gasteiger partial charge in [-0.25, -0.2) is 0 Å². The zero-order chi connectivity index (χ0) is 19.9. The van der Waals surface area contributed by atoms with Gasteiger partial charge in [-0.2, -0.15) is 0 Å². The Kier molecular flexibility index (Phi) is 7.43. The largest absolute Gasteiger partial charge is 0.495 e. The number of rotatable bonds is 6. The molecule has 1 aromatic rings. The minimum absolute atomic E-state index is 0.523. The highest BCUT2D eigenvalue weighted by Crippen LogP contribution is 2.31. The van der Waals surface area contributed by atoms with Crippen LogP contribution in [-0.4, -0.2) is 69.8 Å². The van der Waals surface area contributed by atoms with Gasteiger partial charge in [0.25, 0.3) is 0 Å². The number of piperidine rings is 1. The molecule has 0 aliphatic carbocycles. The predicted octanol–water partition coefficient (Wildman–Crippen LogP) is 2.56. The van der Waals surface area contributed by atoms with Gasteiger partial charge in [0.2, 0.25) is 0 Å². The van der Waals surface area contributed by atoms with Gasteiger partial charge in [-0.1, -0.05) is 12.1 Å². The molecule has 2 aliphatic heterocycles. The van der Waals surface area contributed by atoms with Crippen molar-refractivity contribution in [3.8, 4) is 5.75 Å². The Morgan fingerprint density at radius 2 is 1.93 bits per heavy atom. The molecule has 6 nitrogen and oxygen atoms in total. The molecular formula is C22H37N5O. The van der Waals surface area contributed by atoms with Crippen molar-refractivity contribution in [2.24, 2.45) is 10.9 Å². The molecule has 0 amide bonds. The molecule has 6 heteroatoms. The molecule has 156 valence electrons. The number of benzene rings is 1. The first kappa shape index (κ1) is 20.8. The second-order valence-electron chi connectivity index (χ2n) is 8.27. The molecule has 2 N–H and O–H groups in total. The van der Waals surface area contributed by atoms with Crippen molar-refractivity contribution in [3.63, 3.8) is 0 Å². The summed E-state index contributed by atoms with van der Waals surface area (Å²) in [5, 5.41) is 7.19. The van der Waals surface area contributed by atoms with Crippen LogP contribution in [0.5, 0.6) is 5.75 Å². The highest BCUT2D eigenvalue weighted by molar-refractivity contribution is 5.80. The van der Waals surface area contributed by atoms with E-state index in [2.05, 4.69) is 51.4 Å². The number of aliphatic imine (C=N–C) groups is 1. The van der Waals surface area contributed by atoms with Crippen LogP contribution < -0.4 is 20.3 Å². The first-order chi connectivity index (χ1) is 13.6. The summed E-state index contributed by atoms with van der Waals surface area (Å²) in [6.07, 6.45) is 3.56. The van der Waals surface area contributed by atoms with Crippen LogP contribution in [0.2, 0.25) is 0 Å². The number of nitrogens with zero attached hydrogens (tertiary/aromatic N) is 3. The van der Waals surface area contributed by atoms with Crippen LogP contribution in [0, 0.1) is 5.92 Å². The SMILES string of the molecule is CN=C(NCC1CCN(c2ccccc2OC)C1)NC1CCN(C(C)C)CC1. The number of likely N-dealkylation sites (tertiary alicyclic amines) is 1. The van der Waals surface area contributed by atoms with Crippen molar-refractivity contribution in [2.75, 3.05) is 51.8 Å². The van der Waals surface area contributed by atoms with Gasteiger partial charge in [0.1, 0.15) is 5.75 Å². The Bertz CT molecular complexity index is 640. The molecular weight excluding hydrogens is 350 g/mol. The Morgan fingerprint density at radius 3 is 2.61 bits per heavy atom. The normalized spacial score (nSPS) is 22.0. The van der Waals surface area contributed by atoms with Gasteiger partial charge in [0, 0.05) is 51.9 Å². The Labute approximate surface area is 170 Å². The van der Waals surface area contributed by atoms with Gasteiger partial charge in [0.05, 0.1) is 12.8 Å². The number of hydrogen-bond acceptors (Lipinski definition) is 4. The summed E-state index contributed by atoms with van der Waals surface area (Å²) in [5.74, 6) is 2.52. The Hall–Kier alpha value is -1.95. The molecule has 1 atom stereocenters. The molecule has 0 aromatic heterocycles. The Morgan fingerprint density at radius 1 is 1.18 bits per heavy atom. The maximum Gasteiger partial charge on any atom is 0.191 e. The number of guanidine groups is 1. The van der Waals surface area contributed by atoms with Crippen molar-refractivity contribution >= 4 is 11.6 Å². The van der Waals surface area contributed by atoms with Crippen LogP contribution in [0.1, 0.15) is 33.1 Å². The average molecular weight is 388 g/mol.